The first-order valence-electron chi connectivity index (χ1n) is 10.4. The normalized spacial score (nSPS) is 12.1. The van der Waals surface area contributed by atoms with Crippen molar-refractivity contribution in [1.82, 2.24) is 9.62 Å². The predicted octanol–water partition coefficient (Wildman–Crippen LogP) is 1.88. The summed E-state index contributed by atoms with van der Waals surface area (Å²) in [5, 5.41) is 2.55. The molecular weight excluding hydrogens is 462 g/mol. The minimum Gasteiger partial charge on any atom is -0.497 e. The molecule has 10 nitrogen and oxygen atoms in total. The Hall–Kier alpha value is -3.44. The van der Waals surface area contributed by atoms with Gasteiger partial charge in [0.05, 0.1) is 12.0 Å². The maximum atomic E-state index is 12.7. The molecule has 34 heavy (non-hydrogen) atoms. The third kappa shape index (κ3) is 7.29. The van der Waals surface area contributed by atoms with Crippen LogP contribution in [0.25, 0.3) is 0 Å². The smallest absolute Gasteiger partial charge is 0.324 e. The molecule has 11 heteroatoms. The van der Waals surface area contributed by atoms with Crippen molar-refractivity contribution in [3.05, 3.63) is 54.1 Å². The Labute approximate surface area is 199 Å². The van der Waals surface area contributed by atoms with E-state index in [1.54, 1.807) is 52.2 Å². The van der Waals surface area contributed by atoms with Gasteiger partial charge in [-0.05, 0) is 54.4 Å². The highest BCUT2D eigenvalue weighted by Crippen LogP contribution is 2.17. The van der Waals surface area contributed by atoms with Gasteiger partial charge in [0.15, 0.2) is 6.61 Å². The van der Waals surface area contributed by atoms with Crippen LogP contribution in [0.2, 0.25) is 0 Å². The largest absolute Gasteiger partial charge is 0.497 e. The topological polar surface area (TPSA) is 131 Å². The Morgan fingerprint density at radius 3 is 2.06 bits per heavy atom. The third-order valence-electron chi connectivity index (χ3n) is 4.74. The minimum absolute atomic E-state index is 0.0410. The molecule has 2 amide bonds. The number of ether oxygens (including phenoxy) is 2. The second-order valence-corrected chi connectivity index (χ2v) is 9.67. The lowest BCUT2D eigenvalue weighted by Gasteiger charge is -2.20. The van der Waals surface area contributed by atoms with Gasteiger partial charge in [-0.3, -0.25) is 14.4 Å². The minimum atomic E-state index is -4.02. The van der Waals surface area contributed by atoms with E-state index in [2.05, 4.69) is 10.0 Å². The van der Waals surface area contributed by atoms with Crippen LogP contribution in [0.15, 0.2) is 53.4 Å². The number of hydrogen-bond acceptors (Lipinski definition) is 7. The quantitative estimate of drug-likeness (QED) is 0.485. The van der Waals surface area contributed by atoms with Gasteiger partial charge in [-0.2, -0.15) is 4.72 Å². The molecule has 0 aliphatic rings. The summed E-state index contributed by atoms with van der Waals surface area (Å²) in [5.41, 5.74) is 0.871. The molecule has 2 aromatic rings. The van der Waals surface area contributed by atoms with Gasteiger partial charge in [-0.15, -0.1) is 0 Å². The molecular formula is C23H29N3O7S. The number of methoxy groups -OCH3 is 1. The summed E-state index contributed by atoms with van der Waals surface area (Å²) >= 11 is 0. The van der Waals surface area contributed by atoms with Crippen molar-refractivity contribution in [1.29, 1.82) is 0 Å². The monoisotopic (exact) mass is 491 g/mol. The van der Waals surface area contributed by atoms with Crippen molar-refractivity contribution in [2.75, 3.05) is 33.1 Å². The first kappa shape index (κ1) is 26.8. The van der Waals surface area contributed by atoms with E-state index in [1.165, 1.54) is 36.3 Å². The molecule has 2 aromatic carbocycles. The number of carbonyl (C=O) groups excluding carboxylic acids is 3. The van der Waals surface area contributed by atoms with Crippen LogP contribution in [-0.2, 0) is 24.3 Å². The number of hydrogen-bond donors (Lipinski definition) is 2. The number of esters is 1. The molecule has 0 spiro atoms. The number of rotatable bonds is 10. The van der Waals surface area contributed by atoms with Crippen LogP contribution in [0.3, 0.4) is 0 Å². The molecule has 0 heterocycles. The fourth-order valence-electron chi connectivity index (χ4n) is 2.82. The summed E-state index contributed by atoms with van der Waals surface area (Å²) in [5.74, 6) is -1.62. The SMILES string of the molecule is COc1ccc(S(=O)(=O)N[C@H](C(=O)OCC(=O)Nc2ccc(C(=O)N(C)C)cc2)C(C)C)cc1. The van der Waals surface area contributed by atoms with Crippen LogP contribution in [0.1, 0.15) is 24.2 Å². The fraction of sp³-hybridized carbons (Fsp3) is 0.348. The zero-order chi connectivity index (χ0) is 25.5. The average Bonchev–Trinajstić information content (AvgIpc) is 2.80. The molecule has 1 atom stereocenters. The van der Waals surface area contributed by atoms with Crippen molar-refractivity contribution in [2.24, 2.45) is 5.92 Å². The van der Waals surface area contributed by atoms with Crippen LogP contribution in [0.4, 0.5) is 5.69 Å². The zero-order valence-corrected chi connectivity index (χ0v) is 20.5. The van der Waals surface area contributed by atoms with Crippen molar-refractivity contribution in [3.8, 4) is 5.75 Å². The predicted molar refractivity (Wildman–Crippen MR) is 126 cm³/mol. The molecule has 0 aliphatic heterocycles. The van der Waals surface area contributed by atoms with E-state index in [4.69, 9.17) is 9.47 Å². The highest BCUT2D eigenvalue weighted by atomic mass is 32.2. The molecule has 0 bridgehead atoms. The van der Waals surface area contributed by atoms with Crippen LogP contribution < -0.4 is 14.8 Å². The lowest BCUT2D eigenvalue weighted by Crippen LogP contribution is -2.45. The Kier molecular flexibility index (Phi) is 9.16. The van der Waals surface area contributed by atoms with Crippen molar-refractivity contribution >= 4 is 33.5 Å². The van der Waals surface area contributed by atoms with Gasteiger partial charge >= 0.3 is 5.97 Å². The van der Waals surface area contributed by atoms with E-state index in [0.29, 0.717) is 17.0 Å². The van der Waals surface area contributed by atoms with Gasteiger partial charge < -0.3 is 19.7 Å². The number of sulfonamides is 1. The van der Waals surface area contributed by atoms with Crippen molar-refractivity contribution < 1.29 is 32.3 Å². The standard InChI is InChI=1S/C23H29N3O7S/c1-15(2)21(25-34(30,31)19-12-10-18(32-5)11-13-19)23(29)33-14-20(27)24-17-8-6-16(7-9-17)22(28)26(3)4/h6-13,15,21,25H,14H2,1-5H3,(H,24,27)/t21-/m0/s1. The van der Waals surface area contributed by atoms with Crippen LogP contribution >= 0.6 is 0 Å². The summed E-state index contributed by atoms with van der Waals surface area (Å²) in [4.78, 5) is 38.0. The maximum Gasteiger partial charge on any atom is 0.324 e. The molecule has 0 radical (unpaired) electrons. The summed E-state index contributed by atoms with van der Waals surface area (Å²) < 4.78 is 37.8. The van der Waals surface area contributed by atoms with Gasteiger partial charge in [-0.1, -0.05) is 13.8 Å². The summed E-state index contributed by atoms with van der Waals surface area (Å²) in [6, 6.07) is 10.7. The molecule has 184 valence electrons. The fourth-order valence-corrected chi connectivity index (χ4v) is 4.16. The molecule has 2 rings (SSSR count). The Morgan fingerprint density at radius 1 is 0.971 bits per heavy atom. The van der Waals surface area contributed by atoms with Crippen LogP contribution in [-0.4, -0.2) is 65.0 Å². The maximum absolute atomic E-state index is 12.7. The van der Waals surface area contributed by atoms with Crippen molar-refractivity contribution in [2.45, 2.75) is 24.8 Å². The molecule has 0 aliphatic carbocycles. The lowest BCUT2D eigenvalue weighted by atomic mass is 10.1. The number of nitrogens with zero attached hydrogens (tertiary/aromatic N) is 1. The van der Waals surface area contributed by atoms with Gasteiger partial charge in [0, 0.05) is 25.3 Å². The summed E-state index contributed by atoms with van der Waals surface area (Å²) in [7, 11) is 0.711. The van der Waals surface area contributed by atoms with Gasteiger partial charge in [0.1, 0.15) is 11.8 Å². The van der Waals surface area contributed by atoms with Gasteiger partial charge in [-0.25, -0.2) is 8.42 Å². The number of nitrogens with one attached hydrogen (secondary N) is 2. The Balaban J connectivity index is 1.97. The summed E-state index contributed by atoms with van der Waals surface area (Å²) in [6.07, 6.45) is 0. The lowest BCUT2D eigenvalue weighted by molar-refractivity contribution is -0.150. The average molecular weight is 492 g/mol. The number of anilines is 1. The van der Waals surface area contributed by atoms with Crippen LogP contribution in [0, 0.1) is 5.92 Å². The van der Waals surface area contributed by atoms with Gasteiger partial charge in [0.25, 0.3) is 11.8 Å². The van der Waals surface area contributed by atoms with E-state index in [1.807, 2.05) is 0 Å². The zero-order valence-electron chi connectivity index (χ0n) is 19.7. The van der Waals surface area contributed by atoms with E-state index in [0.717, 1.165) is 0 Å². The second kappa shape index (κ2) is 11.6. The molecule has 0 saturated heterocycles. The van der Waals surface area contributed by atoms with E-state index >= 15 is 0 Å². The first-order chi connectivity index (χ1) is 15.9. The molecule has 0 unspecified atom stereocenters. The van der Waals surface area contributed by atoms with Gasteiger partial charge in [0.2, 0.25) is 10.0 Å². The molecule has 0 aromatic heterocycles. The van der Waals surface area contributed by atoms with Crippen LogP contribution in [0.5, 0.6) is 5.75 Å². The Morgan fingerprint density at radius 2 is 1.56 bits per heavy atom. The highest BCUT2D eigenvalue weighted by molar-refractivity contribution is 7.89. The second-order valence-electron chi connectivity index (χ2n) is 7.95. The molecule has 0 saturated carbocycles. The summed E-state index contributed by atoms with van der Waals surface area (Å²) in [6.45, 7) is 2.70. The molecule has 2 N–H and O–H groups in total. The number of carbonyl (C=O) groups is 3. The highest BCUT2D eigenvalue weighted by Gasteiger charge is 2.30. The Bertz CT molecular complexity index is 1110. The third-order valence-corrected chi connectivity index (χ3v) is 6.20. The number of amides is 2. The number of benzene rings is 2. The van der Waals surface area contributed by atoms with Crippen molar-refractivity contribution in [3.63, 3.8) is 0 Å². The van der Waals surface area contributed by atoms with E-state index < -0.39 is 40.5 Å². The first-order valence-corrected chi connectivity index (χ1v) is 11.9. The van der Waals surface area contributed by atoms with E-state index in [9.17, 15) is 22.8 Å². The van der Waals surface area contributed by atoms with E-state index in [-0.39, 0.29) is 10.8 Å². The molecule has 0 fully saturated rings.